The molecule has 0 spiro atoms. The fraction of sp³-hybridized carbons (Fsp3) is 0.455. The van der Waals surface area contributed by atoms with E-state index in [9.17, 15) is 4.79 Å². The highest BCUT2D eigenvalue weighted by molar-refractivity contribution is 5.75. The van der Waals surface area contributed by atoms with Gasteiger partial charge in [-0.15, -0.1) is 0 Å². The first-order valence-electron chi connectivity index (χ1n) is 5.08. The van der Waals surface area contributed by atoms with Crippen LogP contribution in [-0.2, 0) is 11.4 Å². The van der Waals surface area contributed by atoms with Crippen LogP contribution in [0.2, 0.25) is 0 Å². The number of carbonyl (C=O) groups is 1. The van der Waals surface area contributed by atoms with E-state index < -0.39 is 0 Å². The van der Waals surface area contributed by atoms with Crippen molar-refractivity contribution in [3.05, 3.63) is 23.5 Å². The first-order valence-corrected chi connectivity index (χ1v) is 5.08. The van der Waals surface area contributed by atoms with E-state index in [-0.39, 0.29) is 25.5 Å². The van der Waals surface area contributed by atoms with E-state index in [2.05, 4.69) is 10.3 Å². The number of nitrogens with one attached hydrogen (secondary N) is 1. The van der Waals surface area contributed by atoms with E-state index in [1.807, 2.05) is 6.92 Å². The van der Waals surface area contributed by atoms with E-state index in [1.54, 1.807) is 19.2 Å². The Morgan fingerprint density at radius 3 is 2.94 bits per heavy atom. The van der Waals surface area contributed by atoms with Gasteiger partial charge >= 0.3 is 0 Å². The van der Waals surface area contributed by atoms with Gasteiger partial charge in [0.05, 0.1) is 19.6 Å². The summed E-state index contributed by atoms with van der Waals surface area (Å²) in [6, 6.07) is 3.55. The zero-order valence-corrected chi connectivity index (χ0v) is 9.49. The zero-order chi connectivity index (χ0) is 12.0. The van der Waals surface area contributed by atoms with E-state index in [0.29, 0.717) is 11.4 Å². The summed E-state index contributed by atoms with van der Waals surface area (Å²) >= 11 is 0. The molecule has 0 saturated heterocycles. The van der Waals surface area contributed by atoms with Gasteiger partial charge in [0, 0.05) is 12.7 Å². The second kappa shape index (κ2) is 6.07. The Morgan fingerprint density at radius 1 is 1.56 bits per heavy atom. The lowest BCUT2D eigenvalue weighted by Crippen LogP contribution is -2.20. The Bertz CT molecular complexity index is 366. The molecule has 0 bridgehead atoms. The van der Waals surface area contributed by atoms with Gasteiger partial charge in [-0.25, -0.2) is 0 Å². The maximum atomic E-state index is 11.0. The fourth-order valence-corrected chi connectivity index (χ4v) is 1.22. The van der Waals surface area contributed by atoms with Crippen molar-refractivity contribution < 1.29 is 14.6 Å². The lowest BCUT2D eigenvalue weighted by molar-refractivity contribution is -0.121. The molecule has 0 aliphatic carbocycles. The van der Waals surface area contributed by atoms with Crippen LogP contribution in [0.15, 0.2) is 12.1 Å². The van der Waals surface area contributed by atoms with Crippen molar-refractivity contribution in [1.29, 1.82) is 0 Å². The van der Waals surface area contributed by atoms with Crippen molar-refractivity contribution in [3.8, 4) is 5.75 Å². The monoisotopic (exact) mass is 224 g/mol. The Balaban J connectivity index is 2.56. The van der Waals surface area contributed by atoms with Crippen molar-refractivity contribution in [3.63, 3.8) is 0 Å². The van der Waals surface area contributed by atoms with Gasteiger partial charge in [0.25, 0.3) is 0 Å². The summed E-state index contributed by atoms with van der Waals surface area (Å²) < 4.78 is 5.37. The smallest absolute Gasteiger partial charge is 0.223 e. The van der Waals surface area contributed by atoms with Gasteiger partial charge in [-0.05, 0) is 19.1 Å². The van der Waals surface area contributed by atoms with Crippen LogP contribution in [0.4, 0.5) is 0 Å². The molecule has 0 aliphatic rings. The Hall–Kier alpha value is -1.62. The van der Waals surface area contributed by atoms with E-state index in [0.717, 1.165) is 5.69 Å². The highest BCUT2D eigenvalue weighted by Gasteiger charge is 2.05. The molecule has 0 aromatic carbocycles. The van der Waals surface area contributed by atoms with Gasteiger partial charge in [0.2, 0.25) is 5.91 Å². The number of aryl methyl sites for hydroxylation is 1. The first-order chi connectivity index (χ1) is 7.67. The summed E-state index contributed by atoms with van der Waals surface area (Å²) in [5.41, 5.74) is 1.32. The largest absolute Gasteiger partial charge is 0.491 e. The molecule has 0 fully saturated rings. The third-order valence-electron chi connectivity index (χ3n) is 2.09. The van der Waals surface area contributed by atoms with Crippen LogP contribution < -0.4 is 10.1 Å². The number of aliphatic hydroxyl groups excluding tert-OH is 1. The number of hydrogen-bond donors (Lipinski definition) is 2. The Labute approximate surface area is 94.5 Å². The molecule has 16 heavy (non-hydrogen) atoms. The van der Waals surface area contributed by atoms with Crippen molar-refractivity contribution in [2.45, 2.75) is 20.0 Å². The molecule has 0 radical (unpaired) electrons. The predicted molar refractivity (Wildman–Crippen MR) is 59.1 cm³/mol. The van der Waals surface area contributed by atoms with Crippen LogP contribution >= 0.6 is 0 Å². The van der Waals surface area contributed by atoms with E-state index >= 15 is 0 Å². The molecule has 1 amide bonds. The molecule has 1 aromatic rings. The van der Waals surface area contributed by atoms with E-state index in [1.165, 1.54) is 0 Å². The normalized spacial score (nSPS) is 9.94. The average molecular weight is 224 g/mol. The first kappa shape index (κ1) is 12.4. The number of hydrogen-bond acceptors (Lipinski definition) is 4. The lowest BCUT2D eigenvalue weighted by atomic mass is 10.3. The number of aromatic nitrogens is 1. The minimum Gasteiger partial charge on any atom is -0.491 e. The minimum absolute atomic E-state index is 0.0781. The lowest BCUT2D eigenvalue weighted by Gasteiger charge is -2.09. The number of aliphatic hydroxyl groups is 1. The second-order valence-corrected chi connectivity index (χ2v) is 3.33. The van der Waals surface area contributed by atoms with Gasteiger partial charge in [-0.1, -0.05) is 0 Å². The summed E-state index contributed by atoms with van der Waals surface area (Å²) in [7, 11) is 1.58. The molecular weight excluding hydrogens is 208 g/mol. The topological polar surface area (TPSA) is 71.5 Å². The molecule has 88 valence electrons. The maximum absolute atomic E-state index is 11.0. The van der Waals surface area contributed by atoms with Crippen LogP contribution in [-0.4, -0.2) is 29.7 Å². The fourth-order valence-electron chi connectivity index (χ4n) is 1.22. The number of ether oxygens (including phenoxy) is 1. The molecule has 1 aromatic heterocycles. The summed E-state index contributed by atoms with van der Waals surface area (Å²) in [4.78, 5) is 15.1. The SMILES string of the molecule is CNC(=O)CCOc1ccc(C)nc1CO. The van der Waals surface area contributed by atoms with Crippen molar-refractivity contribution in [2.24, 2.45) is 0 Å². The zero-order valence-electron chi connectivity index (χ0n) is 9.49. The van der Waals surface area contributed by atoms with Gasteiger partial charge in [-0.2, -0.15) is 0 Å². The summed E-state index contributed by atoms with van der Waals surface area (Å²) in [5, 5.41) is 11.6. The van der Waals surface area contributed by atoms with Crippen LogP contribution in [0.3, 0.4) is 0 Å². The molecule has 1 rings (SSSR count). The maximum Gasteiger partial charge on any atom is 0.223 e. The average Bonchev–Trinajstić information content (AvgIpc) is 2.30. The third kappa shape index (κ3) is 3.51. The van der Waals surface area contributed by atoms with Gasteiger partial charge in [-0.3, -0.25) is 9.78 Å². The molecule has 0 aliphatic heterocycles. The van der Waals surface area contributed by atoms with Crippen LogP contribution in [0.1, 0.15) is 17.8 Å². The Kier molecular flexibility index (Phi) is 4.72. The number of carbonyl (C=O) groups excluding carboxylic acids is 1. The van der Waals surface area contributed by atoms with Crippen LogP contribution in [0.25, 0.3) is 0 Å². The molecular formula is C11H16N2O3. The molecule has 5 heteroatoms. The highest BCUT2D eigenvalue weighted by atomic mass is 16.5. The molecule has 2 N–H and O–H groups in total. The molecule has 5 nitrogen and oxygen atoms in total. The van der Waals surface area contributed by atoms with Gasteiger partial charge in [0.1, 0.15) is 11.4 Å². The third-order valence-corrected chi connectivity index (χ3v) is 2.09. The number of nitrogens with zero attached hydrogens (tertiary/aromatic N) is 1. The summed E-state index contributed by atoms with van der Waals surface area (Å²) in [6.45, 7) is 1.95. The van der Waals surface area contributed by atoms with Gasteiger partial charge in [0.15, 0.2) is 0 Å². The second-order valence-electron chi connectivity index (χ2n) is 3.33. The van der Waals surface area contributed by atoms with Crippen LogP contribution in [0, 0.1) is 6.92 Å². The highest BCUT2D eigenvalue weighted by Crippen LogP contribution is 2.16. The molecule has 0 unspecified atom stereocenters. The van der Waals surface area contributed by atoms with Crippen molar-refractivity contribution in [1.82, 2.24) is 10.3 Å². The summed E-state index contributed by atoms with van der Waals surface area (Å²) in [5.74, 6) is 0.447. The van der Waals surface area contributed by atoms with Crippen molar-refractivity contribution in [2.75, 3.05) is 13.7 Å². The number of rotatable bonds is 5. The molecule has 0 saturated carbocycles. The van der Waals surface area contributed by atoms with Gasteiger partial charge < -0.3 is 15.2 Å². The Morgan fingerprint density at radius 2 is 2.31 bits per heavy atom. The van der Waals surface area contributed by atoms with Crippen LogP contribution in [0.5, 0.6) is 5.75 Å². The summed E-state index contributed by atoms with van der Waals surface area (Å²) in [6.07, 6.45) is 0.287. The molecule has 0 atom stereocenters. The molecule has 1 heterocycles. The number of amides is 1. The van der Waals surface area contributed by atoms with Crippen molar-refractivity contribution >= 4 is 5.91 Å². The number of pyridine rings is 1. The predicted octanol–water partition coefficient (Wildman–Crippen LogP) is 0.397. The standard InChI is InChI=1S/C11H16N2O3/c1-8-3-4-10(9(7-14)13-8)16-6-5-11(15)12-2/h3-4,14H,5-7H2,1-2H3,(H,12,15). The quantitative estimate of drug-likeness (QED) is 0.759. The minimum atomic E-state index is -0.170. The van der Waals surface area contributed by atoms with E-state index in [4.69, 9.17) is 9.84 Å².